The fourth-order valence-electron chi connectivity index (χ4n) is 1.24. The number of carbonyl (C=O) groups is 2. The SMILES string of the molecule is O=C(NCc1nc(C(=O)O)cs1)c1ccc(=O)oc1. The summed E-state index contributed by atoms with van der Waals surface area (Å²) in [6, 6.07) is 2.48. The minimum Gasteiger partial charge on any atom is -0.476 e. The van der Waals surface area contributed by atoms with Crippen LogP contribution in [-0.2, 0) is 6.54 Å². The van der Waals surface area contributed by atoms with Crippen LogP contribution in [0.3, 0.4) is 0 Å². The van der Waals surface area contributed by atoms with E-state index in [-0.39, 0.29) is 17.8 Å². The fraction of sp³-hybridized carbons (Fsp3) is 0.0909. The Morgan fingerprint density at radius 3 is 2.79 bits per heavy atom. The Kier molecular flexibility index (Phi) is 3.71. The van der Waals surface area contributed by atoms with Gasteiger partial charge in [0.15, 0.2) is 5.69 Å². The molecule has 2 N–H and O–H groups in total. The van der Waals surface area contributed by atoms with E-state index in [2.05, 4.69) is 14.7 Å². The molecule has 0 saturated carbocycles. The second kappa shape index (κ2) is 5.44. The summed E-state index contributed by atoms with van der Waals surface area (Å²) in [7, 11) is 0. The van der Waals surface area contributed by atoms with Gasteiger partial charge < -0.3 is 14.8 Å². The first-order valence-electron chi connectivity index (χ1n) is 5.11. The van der Waals surface area contributed by atoms with Crippen LogP contribution in [0.4, 0.5) is 0 Å². The van der Waals surface area contributed by atoms with Crippen molar-refractivity contribution in [1.29, 1.82) is 0 Å². The van der Waals surface area contributed by atoms with E-state index in [4.69, 9.17) is 5.11 Å². The van der Waals surface area contributed by atoms with Gasteiger partial charge in [-0.25, -0.2) is 14.6 Å². The predicted molar refractivity (Wildman–Crippen MR) is 65.2 cm³/mol. The summed E-state index contributed by atoms with van der Waals surface area (Å²) in [6.45, 7) is 0.107. The van der Waals surface area contributed by atoms with Gasteiger partial charge >= 0.3 is 11.6 Å². The summed E-state index contributed by atoms with van der Waals surface area (Å²) < 4.78 is 4.56. The first-order valence-corrected chi connectivity index (χ1v) is 5.99. The van der Waals surface area contributed by atoms with Crippen molar-refractivity contribution in [3.8, 4) is 0 Å². The van der Waals surface area contributed by atoms with Crippen LogP contribution in [0, 0.1) is 0 Å². The van der Waals surface area contributed by atoms with Crippen LogP contribution in [0.1, 0.15) is 25.9 Å². The molecule has 0 fully saturated rings. The molecule has 2 aromatic heterocycles. The molecule has 0 spiro atoms. The molecule has 2 rings (SSSR count). The molecule has 0 bridgehead atoms. The van der Waals surface area contributed by atoms with Gasteiger partial charge in [0.2, 0.25) is 0 Å². The average Bonchev–Trinajstić information content (AvgIpc) is 2.86. The summed E-state index contributed by atoms with van der Waals surface area (Å²) in [5.74, 6) is -1.55. The van der Waals surface area contributed by atoms with Gasteiger partial charge in [-0.15, -0.1) is 11.3 Å². The van der Waals surface area contributed by atoms with E-state index in [1.165, 1.54) is 11.4 Å². The zero-order chi connectivity index (χ0) is 13.8. The van der Waals surface area contributed by atoms with Crippen molar-refractivity contribution < 1.29 is 19.1 Å². The minimum atomic E-state index is -1.11. The highest BCUT2D eigenvalue weighted by Crippen LogP contribution is 2.09. The summed E-state index contributed by atoms with van der Waals surface area (Å²) >= 11 is 1.14. The molecule has 7 nitrogen and oxygen atoms in total. The molecule has 19 heavy (non-hydrogen) atoms. The predicted octanol–water partition coefficient (Wildman–Crippen LogP) is 0.724. The highest BCUT2D eigenvalue weighted by molar-refractivity contribution is 7.09. The van der Waals surface area contributed by atoms with Crippen LogP contribution >= 0.6 is 11.3 Å². The Morgan fingerprint density at radius 2 is 2.21 bits per heavy atom. The lowest BCUT2D eigenvalue weighted by molar-refractivity contribution is 0.0691. The Bertz CT molecular complexity index is 655. The van der Waals surface area contributed by atoms with Crippen LogP contribution in [-0.4, -0.2) is 22.0 Å². The number of rotatable bonds is 4. The number of carbonyl (C=O) groups excluding carboxylic acids is 1. The maximum absolute atomic E-state index is 11.7. The molecule has 2 heterocycles. The molecule has 0 saturated heterocycles. The maximum Gasteiger partial charge on any atom is 0.355 e. The smallest absolute Gasteiger partial charge is 0.355 e. The van der Waals surface area contributed by atoms with Gasteiger partial charge in [-0.2, -0.15) is 0 Å². The molecule has 2 aromatic rings. The molecular weight excluding hydrogens is 272 g/mol. The molecule has 0 aliphatic rings. The number of aromatic nitrogens is 1. The zero-order valence-electron chi connectivity index (χ0n) is 9.45. The molecule has 0 aromatic carbocycles. The molecule has 0 atom stereocenters. The standard InChI is InChI=1S/C11H8N2O5S/c14-9-2-1-6(4-18-9)10(15)12-3-8-13-7(5-19-8)11(16)17/h1-2,4-5H,3H2,(H,12,15)(H,16,17). The van der Waals surface area contributed by atoms with Gasteiger partial charge in [-0.05, 0) is 6.07 Å². The van der Waals surface area contributed by atoms with Gasteiger partial charge in [0, 0.05) is 11.4 Å². The summed E-state index contributed by atoms with van der Waals surface area (Å²) in [5, 5.41) is 13.1. The van der Waals surface area contributed by atoms with E-state index in [1.807, 2.05) is 0 Å². The maximum atomic E-state index is 11.7. The van der Waals surface area contributed by atoms with Crippen LogP contribution in [0.25, 0.3) is 0 Å². The first-order chi connectivity index (χ1) is 9.06. The Morgan fingerprint density at radius 1 is 1.42 bits per heavy atom. The second-order valence-electron chi connectivity index (χ2n) is 3.46. The van der Waals surface area contributed by atoms with E-state index < -0.39 is 17.5 Å². The van der Waals surface area contributed by atoms with E-state index >= 15 is 0 Å². The highest BCUT2D eigenvalue weighted by Gasteiger charge is 2.10. The Labute approximate surface area is 110 Å². The molecule has 0 aliphatic heterocycles. The van der Waals surface area contributed by atoms with Crippen molar-refractivity contribution in [3.63, 3.8) is 0 Å². The third-order valence-corrected chi connectivity index (χ3v) is 2.98. The lowest BCUT2D eigenvalue weighted by atomic mass is 10.3. The number of carboxylic acid groups (broad SMARTS) is 1. The Hall–Kier alpha value is -2.48. The van der Waals surface area contributed by atoms with Crippen molar-refractivity contribution in [3.05, 3.63) is 50.5 Å². The summed E-state index contributed by atoms with van der Waals surface area (Å²) in [6.07, 6.45) is 1.06. The fourth-order valence-corrected chi connectivity index (χ4v) is 1.94. The number of nitrogens with zero attached hydrogens (tertiary/aromatic N) is 1. The number of carboxylic acids is 1. The average molecular weight is 280 g/mol. The molecule has 8 heteroatoms. The zero-order valence-corrected chi connectivity index (χ0v) is 10.3. The van der Waals surface area contributed by atoms with Crippen molar-refractivity contribution in [2.75, 3.05) is 0 Å². The van der Waals surface area contributed by atoms with Gasteiger partial charge in [0.25, 0.3) is 5.91 Å². The van der Waals surface area contributed by atoms with E-state index in [9.17, 15) is 14.4 Å². The summed E-state index contributed by atoms with van der Waals surface area (Å²) in [5.41, 5.74) is -0.392. The molecule has 0 aliphatic carbocycles. The second-order valence-corrected chi connectivity index (χ2v) is 4.40. The molecule has 98 valence electrons. The van der Waals surface area contributed by atoms with Crippen LogP contribution in [0.2, 0.25) is 0 Å². The lowest BCUT2D eigenvalue weighted by Gasteiger charge is -2.01. The van der Waals surface area contributed by atoms with E-state index in [0.717, 1.165) is 23.7 Å². The molecule has 1 amide bonds. The largest absolute Gasteiger partial charge is 0.476 e. The topological polar surface area (TPSA) is 110 Å². The number of aromatic carboxylic acids is 1. The van der Waals surface area contributed by atoms with E-state index in [0.29, 0.717) is 5.01 Å². The van der Waals surface area contributed by atoms with Gasteiger partial charge in [0.05, 0.1) is 12.1 Å². The number of nitrogens with one attached hydrogen (secondary N) is 1. The van der Waals surface area contributed by atoms with Crippen molar-refractivity contribution >= 4 is 23.2 Å². The number of hydrogen-bond donors (Lipinski definition) is 2. The monoisotopic (exact) mass is 280 g/mol. The third-order valence-electron chi connectivity index (χ3n) is 2.13. The molecule has 0 radical (unpaired) electrons. The minimum absolute atomic E-state index is 0.0556. The van der Waals surface area contributed by atoms with Crippen molar-refractivity contribution in [2.45, 2.75) is 6.54 Å². The normalized spacial score (nSPS) is 10.1. The highest BCUT2D eigenvalue weighted by atomic mass is 32.1. The Balaban J connectivity index is 1.98. The van der Waals surface area contributed by atoms with E-state index in [1.54, 1.807) is 0 Å². The molecular formula is C11H8N2O5S. The van der Waals surface area contributed by atoms with Gasteiger partial charge in [0.1, 0.15) is 11.3 Å². The van der Waals surface area contributed by atoms with Crippen LogP contribution < -0.4 is 10.9 Å². The van der Waals surface area contributed by atoms with Crippen LogP contribution in [0.5, 0.6) is 0 Å². The number of amides is 1. The van der Waals surface area contributed by atoms with Crippen molar-refractivity contribution in [1.82, 2.24) is 10.3 Å². The third kappa shape index (κ3) is 3.26. The van der Waals surface area contributed by atoms with Crippen molar-refractivity contribution in [2.24, 2.45) is 0 Å². The van der Waals surface area contributed by atoms with Crippen LogP contribution in [0.15, 0.2) is 33.0 Å². The number of hydrogen-bond acceptors (Lipinski definition) is 6. The lowest BCUT2D eigenvalue weighted by Crippen LogP contribution is -2.23. The summed E-state index contributed by atoms with van der Waals surface area (Å²) in [4.78, 5) is 36.8. The molecule has 0 unspecified atom stereocenters. The van der Waals surface area contributed by atoms with Gasteiger partial charge in [-0.3, -0.25) is 4.79 Å². The number of thiazole rings is 1. The first kappa shape index (κ1) is 13.0. The quantitative estimate of drug-likeness (QED) is 0.854. The van der Waals surface area contributed by atoms with Gasteiger partial charge in [-0.1, -0.05) is 0 Å².